The van der Waals surface area contributed by atoms with E-state index in [9.17, 15) is 0 Å². The summed E-state index contributed by atoms with van der Waals surface area (Å²) in [5.74, 6) is 3.69. The lowest BCUT2D eigenvalue weighted by Crippen LogP contribution is -1.99. The summed E-state index contributed by atoms with van der Waals surface area (Å²) in [6, 6.07) is 0. The highest BCUT2D eigenvalue weighted by molar-refractivity contribution is 4.60. The molecule has 0 radical (unpaired) electrons. The van der Waals surface area contributed by atoms with Crippen molar-refractivity contribution in [3.8, 4) is 0 Å². The minimum atomic E-state index is 0.890. The van der Waals surface area contributed by atoms with Gasteiger partial charge in [-0.05, 0) is 23.7 Å². The van der Waals surface area contributed by atoms with E-state index in [1.54, 1.807) is 0 Å². The molecule has 0 amide bonds. The fourth-order valence-electron chi connectivity index (χ4n) is 5.49. The number of rotatable bonds is 27. The van der Waals surface area contributed by atoms with Crippen LogP contribution in [0.1, 0.15) is 196 Å². The zero-order chi connectivity index (χ0) is 25.3. The normalized spacial score (nSPS) is 13.8. The van der Waals surface area contributed by atoms with E-state index in [0.717, 1.165) is 23.7 Å². The molecule has 0 saturated heterocycles. The first kappa shape index (κ1) is 34.0. The fraction of sp³-hybridized carbons (Fsp3) is 1.00. The molecule has 0 aromatic rings. The molecule has 0 saturated carbocycles. The van der Waals surface area contributed by atoms with Crippen molar-refractivity contribution in [1.82, 2.24) is 0 Å². The average Bonchev–Trinajstić information content (AvgIpc) is 2.78. The molecule has 0 bridgehead atoms. The maximum Gasteiger partial charge on any atom is -0.0443 e. The summed E-state index contributed by atoms with van der Waals surface area (Å²) in [5.41, 5.74) is 0. The second-order valence-electron chi connectivity index (χ2n) is 13.1. The number of unbranched alkanes of at least 4 members (excludes halogenated alkanes) is 15. The predicted molar refractivity (Wildman–Crippen MR) is 159 cm³/mol. The highest BCUT2D eigenvalue weighted by atomic mass is 14.1. The van der Waals surface area contributed by atoms with Gasteiger partial charge in [-0.2, -0.15) is 0 Å². The van der Waals surface area contributed by atoms with E-state index >= 15 is 0 Å². The van der Waals surface area contributed by atoms with Gasteiger partial charge in [0.25, 0.3) is 0 Å². The van der Waals surface area contributed by atoms with Gasteiger partial charge in [0, 0.05) is 0 Å². The first-order valence-corrected chi connectivity index (χ1v) is 16.4. The van der Waals surface area contributed by atoms with Crippen LogP contribution in [0.5, 0.6) is 0 Å². The maximum atomic E-state index is 2.50. The van der Waals surface area contributed by atoms with E-state index in [-0.39, 0.29) is 0 Å². The third kappa shape index (κ3) is 28.2. The van der Waals surface area contributed by atoms with Gasteiger partial charge in [-0.25, -0.2) is 0 Å². The number of hydrogen-bond acceptors (Lipinski definition) is 0. The molecule has 0 aliphatic rings. The molecule has 2 atom stereocenters. The molecule has 2 unspecified atom stereocenters. The van der Waals surface area contributed by atoms with Crippen LogP contribution < -0.4 is 0 Å². The van der Waals surface area contributed by atoms with Crippen LogP contribution in [0.25, 0.3) is 0 Å². The Kier molecular flexibility index (Phi) is 26.1. The Balaban J connectivity index is 3.28. The Labute approximate surface area is 219 Å². The molecular weight excluding hydrogens is 408 g/mol. The van der Waals surface area contributed by atoms with Gasteiger partial charge >= 0.3 is 0 Å². The quantitative estimate of drug-likeness (QED) is 0.103. The molecule has 0 heteroatoms. The van der Waals surface area contributed by atoms with Crippen molar-refractivity contribution in [3.05, 3.63) is 0 Å². The van der Waals surface area contributed by atoms with Gasteiger partial charge < -0.3 is 0 Å². The Morgan fingerprint density at radius 2 is 0.441 bits per heavy atom. The molecule has 0 rings (SSSR count). The van der Waals surface area contributed by atoms with Crippen molar-refractivity contribution < 1.29 is 0 Å². The topological polar surface area (TPSA) is 0 Å². The van der Waals surface area contributed by atoms with Crippen LogP contribution in [-0.2, 0) is 0 Å². The Morgan fingerprint density at radius 1 is 0.235 bits per heavy atom. The lowest BCUT2D eigenvalue weighted by Gasteiger charge is -2.14. The van der Waals surface area contributed by atoms with E-state index in [0.29, 0.717) is 0 Å². The molecule has 0 aliphatic carbocycles. The minimum Gasteiger partial charge on any atom is -0.0628 e. The molecule has 0 spiro atoms. The average molecular weight is 479 g/mol. The molecule has 206 valence electrons. The monoisotopic (exact) mass is 479 g/mol. The van der Waals surface area contributed by atoms with E-state index in [2.05, 4.69) is 41.5 Å². The van der Waals surface area contributed by atoms with Crippen LogP contribution in [0.15, 0.2) is 0 Å². The standard InChI is InChI=1S/C34H70/c1-31(2)25-20-16-13-11-9-7-8-10-12-14-18-22-27-33(5)29-24-30-34(6)28-23-19-15-17-21-26-32(3)4/h31-34H,7-30H2,1-6H3. The second kappa shape index (κ2) is 26.1. The van der Waals surface area contributed by atoms with Crippen molar-refractivity contribution in [2.24, 2.45) is 23.7 Å². The van der Waals surface area contributed by atoms with E-state index in [1.165, 1.54) is 154 Å². The minimum absolute atomic E-state index is 0.890. The van der Waals surface area contributed by atoms with Gasteiger partial charge in [0.05, 0.1) is 0 Å². The molecule has 0 fully saturated rings. The van der Waals surface area contributed by atoms with E-state index < -0.39 is 0 Å². The summed E-state index contributed by atoms with van der Waals surface area (Å²) in [6.07, 6.45) is 35.2. The molecule has 0 aliphatic heterocycles. The molecule has 0 heterocycles. The summed E-state index contributed by atoms with van der Waals surface area (Å²) in [6.45, 7) is 14.4. The smallest absolute Gasteiger partial charge is 0.0443 e. The van der Waals surface area contributed by atoms with Crippen LogP contribution in [0.2, 0.25) is 0 Å². The van der Waals surface area contributed by atoms with Gasteiger partial charge in [0.2, 0.25) is 0 Å². The van der Waals surface area contributed by atoms with E-state index in [1.807, 2.05) is 0 Å². The first-order valence-electron chi connectivity index (χ1n) is 16.4. The first-order chi connectivity index (χ1) is 16.4. The zero-order valence-corrected chi connectivity index (χ0v) is 25.3. The third-order valence-corrected chi connectivity index (χ3v) is 8.10. The lowest BCUT2D eigenvalue weighted by atomic mass is 9.92. The van der Waals surface area contributed by atoms with Crippen LogP contribution in [-0.4, -0.2) is 0 Å². The van der Waals surface area contributed by atoms with Crippen LogP contribution in [0.4, 0.5) is 0 Å². The molecule has 0 nitrogen and oxygen atoms in total. The van der Waals surface area contributed by atoms with Crippen molar-refractivity contribution >= 4 is 0 Å². The molecule has 0 N–H and O–H groups in total. The largest absolute Gasteiger partial charge is 0.0628 e. The van der Waals surface area contributed by atoms with Crippen LogP contribution in [0.3, 0.4) is 0 Å². The molecule has 34 heavy (non-hydrogen) atoms. The maximum absolute atomic E-state index is 2.50. The van der Waals surface area contributed by atoms with Gasteiger partial charge in [-0.3, -0.25) is 0 Å². The van der Waals surface area contributed by atoms with Crippen molar-refractivity contribution in [1.29, 1.82) is 0 Å². The zero-order valence-electron chi connectivity index (χ0n) is 25.3. The van der Waals surface area contributed by atoms with Gasteiger partial charge in [0.15, 0.2) is 0 Å². The fourth-order valence-corrected chi connectivity index (χ4v) is 5.49. The SMILES string of the molecule is CC(C)CCCCCCCCCCCCCCC(C)CCCC(C)CCCCCCCC(C)C. The summed E-state index contributed by atoms with van der Waals surface area (Å²) in [4.78, 5) is 0. The summed E-state index contributed by atoms with van der Waals surface area (Å²) >= 11 is 0. The number of hydrogen-bond donors (Lipinski definition) is 0. The Bertz CT molecular complexity index is 368. The van der Waals surface area contributed by atoms with Crippen molar-refractivity contribution in [2.45, 2.75) is 196 Å². The van der Waals surface area contributed by atoms with Crippen molar-refractivity contribution in [3.63, 3.8) is 0 Å². The van der Waals surface area contributed by atoms with Gasteiger partial charge in [0.1, 0.15) is 0 Å². The second-order valence-corrected chi connectivity index (χ2v) is 13.1. The highest BCUT2D eigenvalue weighted by Crippen LogP contribution is 2.22. The molecule has 0 aromatic heterocycles. The van der Waals surface area contributed by atoms with Crippen molar-refractivity contribution in [2.75, 3.05) is 0 Å². The van der Waals surface area contributed by atoms with Gasteiger partial charge in [-0.15, -0.1) is 0 Å². The molecular formula is C34H70. The van der Waals surface area contributed by atoms with E-state index in [4.69, 9.17) is 0 Å². The lowest BCUT2D eigenvalue weighted by molar-refractivity contribution is 0.390. The predicted octanol–water partition coefficient (Wildman–Crippen LogP) is 12.9. The Hall–Kier alpha value is 0. The van der Waals surface area contributed by atoms with Crippen LogP contribution >= 0.6 is 0 Å². The third-order valence-electron chi connectivity index (χ3n) is 8.10. The molecule has 0 aromatic carbocycles. The summed E-state index contributed by atoms with van der Waals surface area (Å²) in [5, 5.41) is 0. The summed E-state index contributed by atoms with van der Waals surface area (Å²) < 4.78 is 0. The van der Waals surface area contributed by atoms with Gasteiger partial charge in [-0.1, -0.05) is 196 Å². The van der Waals surface area contributed by atoms with Crippen LogP contribution in [0, 0.1) is 23.7 Å². The Morgan fingerprint density at radius 3 is 0.706 bits per heavy atom. The summed E-state index contributed by atoms with van der Waals surface area (Å²) in [7, 11) is 0. The highest BCUT2D eigenvalue weighted by Gasteiger charge is 2.06.